The molecule has 1 aromatic carbocycles. The first kappa shape index (κ1) is 23.4. The lowest BCUT2D eigenvalue weighted by atomic mass is 10.1. The number of piperidine rings is 1. The summed E-state index contributed by atoms with van der Waals surface area (Å²) < 4.78 is 18.7. The van der Waals surface area contributed by atoms with Crippen molar-refractivity contribution in [1.82, 2.24) is 15.5 Å². The van der Waals surface area contributed by atoms with Crippen LogP contribution in [-0.2, 0) is 4.79 Å². The first-order chi connectivity index (χ1) is 12.5. The summed E-state index contributed by atoms with van der Waals surface area (Å²) in [5, 5.41) is 6.64. The molecule has 1 unspecified atom stereocenters. The number of carbonyl (C=O) groups excluding carboxylic acids is 1. The number of likely N-dealkylation sites (tertiary alicyclic amines) is 1. The molecule has 1 heterocycles. The highest BCUT2D eigenvalue weighted by atomic mass is 127. The Labute approximate surface area is 176 Å². The maximum absolute atomic E-state index is 12.9. The normalized spacial score (nSPS) is 16.9. The Morgan fingerprint density at radius 1 is 1.37 bits per heavy atom. The van der Waals surface area contributed by atoms with Crippen LogP contribution in [0.25, 0.3) is 0 Å². The molecule has 1 atom stereocenters. The van der Waals surface area contributed by atoms with Gasteiger partial charge in [0.1, 0.15) is 17.7 Å². The van der Waals surface area contributed by atoms with Crippen molar-refractivity contribution in [2.24, 2.45) is 10.7 Å². The van der Waals surface area contributed by atoms with Gasteiger partial charge in [0.25, 0.3) is 0 Å². The van der Waals surface area contributed by atoms with Gasteiger partial charge in [-0.25, -0.2) is 4.39 Å². The zero-order valence-corrected chi connectivity index (χ0v) is 18.1. The van der Waals surface area contributed by atoms with Crippen LogP contribution in [0, 0.1) is 5.82 Å². The zero-order chi connectivity index (χ0) is 18.9. The van der Waals surface area contributed by atoms with E-state index in [1.165, 1.54) is 12.1 Å². The Hall–Kier alpha value is -1.62. The molecule has 27 heavy (non-hydrogen) atoms. The van der Waals surface area contributed by atoms with Crippen LogP contribution in [-0.4, -0.2) is 62.1 Å². The predicted molar refractivity (Wildman–Crippen MR) is 115 cm³/mol. The Bertz CT molecular complexity index is 606. The summed E-state index contributed by atoms with van der Waals surface area (Å²) in [6.07, 6.45) is 1.75. The van der Waals surface area contributed by atoms with Crippen molar-refractivity contribution >= 4 is 35.8 Å². The van der Waals surface area contributed by atoms with E-state index in [-0.39, 0.29) is 41.8 Å². The van der Waals surface area contributed by atoms with Gasteiger partial charge in [0.05, 0.1) is 13.1 Å². The average Bonchev–Trinajstić information content (AvgIpc) is 2.61. The fourth-order valence-electron chi connectivity index (χ4n) is 2.87. The summed E-state index contributed by atoms with van der Waals surface area (Å²) in [5.41, 5.74) is 5.23. The monoisotopic (exact) mass is 493 g/mol. The third kappa shape index (κ3) is 8.74. The van der Waals surface area contributed by atoms with Gasteiger partial charge in [-0.15, -0.1) is 24.0 Å². The number of carbonyl (C=O) groups is 1. The number of nitrogens with zero attached hydrogens (tertiary/aromatic N) is 2. The molecule has 1 saturated heterocycles. The smallest absolute Gasteiger partial charge is 0.231 e. The van der Waals surface area contributed by atoms with E-state index in [2.05, 4.69) is 20.5 Å². The van der Waals surface area contributed by atoms with Gasteiger partial charge >= 0.3 is 0 Å². The molecule has 2 rings (SSSR count). The number of rotatable bonds is 7. The molecular formula is C18H29FIN5O2. The number of aliphatic imine (C=N–C) groups is 1. The van der Waals surface area contributed by atoms with Gasteiger partial charge in [0.2, 0.25) is 5.91 Å². The second-order valence-corrected chi connectivity index (χ2v) is 6.50. The third-order valence-electron chi connectivity index (χ3n) is 4.24. The first-order valence-corrected chi connectivity index (χ1v) is 8.86. The topological polar surface area (TPSA) is 92.0 Å². The van der Waals surface area contributed by atoms with Crippen molar-refractivity contribution in [2.75, 3.05) is 33.2 Å². The number of guanidine groups is 1. The molecule has 1 aliphatic rings. The minimum absolute atomic E-state index is 0. The summed E-state index contributed by atoms with van der Waals surface area (Å²) >= 11 is 0. The largest absolute Gasteiger partial charge is 0.489 e. The van der Waals surface area contributed by atoms with Crippen LogP contribution in [0.3, 0.4) is 0 Å². The Morgan fingerprint density at radius 2 is 2.00 bits per heavy atom. The second kappa shape index (κ2) is 12.0. The molecular weight excluding hydrogens is 464 g/mol. The van der Waals surface area contributed by atoms with E-state index in [0.717, 1.165) is 25.9 Å². The number of hydrogen-bond donors (Lipinski definition) is 3. The fraction of sp³-hybridized carbons (Fsp3) is 0.556. The van der Waals surface area contributed by atoms with E-state index < -0.39 is 0 Å². The predicted octanol–water partition coefficient (Wildman–Crippen LogP) is 1.33. The van der Waals surface area contributed by atoms with E-state index >= 15 is 0 Å². The standard InChI is InChI=1S/C18H28FN5O2.HI/c1-13(26-16-5-3-14(19)4-6-16)11-22-18(21-2)23-15-7-9-24(10-8-15)12-17(20)25;/h3-6,13,15H,7-12H2,1-2H3,(H2,20,25)(H2,21,22,23);1H. The van der Waals surface area contributed by atoms with Crippen LogP contribution in [0.4, 0.5) is 4.39 Å². The number of amides is 1. The van der Waals surface area contributed by atoms with Crippen LogP contribution in [0.2, 0.25) is 0 Å². The number of hydrogen-bond acceptors (Lipinski definition) is 4. The van der Waals surface area contributed by atoms with E-state index in [4.69, 9.17) is 10.5 Å². The Morgan fingerprint density at radius 3 is 2.56 bits per heavy atom. The molecule has 7 nitrogen and oxygen atoms in total. The van der Waals surface area contributed by atoms with Crippen molar-refractivity contribution in [1.29, 1.82) is 0 Å². The van der Waals surface area contributed by atoms with Crippen LogP contribution in [0.15, 0.2) is 29.3 Å². The number of benzene rings is 1. The summed E-state index contributed by atoms with van der Waals surface area (Å²) in [7, 11) is 1.73. The van der Waals surface area contributed by atoms with Gasteiger partial charge in [0, 0.05) is 26.2 Å². The van der Waals surface area contributed by atoms with Crippen molar-refractivity contribution in [3.05, 3.63) is 30.1 Å². The molecule has 0 aromatic heterocycles. The number of halogens is 2. The van der Waals surface area contributed by atoms with Gasteiger partial charge in [-0.05, 0) is 44.0 Å². The van der Waals surface area contributed by atoms with Crippen LogP contribution in [0.1, 0.15) is 19.8 Å². The van der Waals surface area contributed by atoms with Crippen LogP contribution >= 0.6 is 24.0 Å². The SMILES string of the molecule is CN=C(NCC(C)Oc1ccc(F)cc1)NC1CCN(CC(N)=O)CC1.I. The van der Waals surface area contributed by atoms with Crippen molar-refractivity contribution < 1.29 is 13.9 Å². The van der Waals surface area contributed by atoms with E-state index in [1.54, 1.807) is 19.2 Å². The Kier molecular flexibility index (Phi) is 10.4. The summed E-state index contributed by atoms with van der Waals surface area (Å²) in [6.45, 7) is 4.49. The lowest BCUT2D eigenvalue weighted by Gasteiger charge is -2.32. The van der Waals surface area contributed by atoms with Gasteiger partial charge in [-0.1, -0.05) is 0 Å². The molecule has 1 aromatic rings. The molecule has 1 amide bonds. The lowest BCUT2D eigenvalue weighted by molar-refractivity contribution is -0.119. The second-order valence-electron chi connectivity index (χ2n) is 6.50. The summed E-state index contributed by atoms with van der Waals surface area (Å²) in [4.78, 5) is 17.3. The lowest BCUT2D eigenvalue weighted by Crippen LogP contribution is -2.50. The highest BCUT2D eigenvalue weighted by molar-refractivity contribution is 14.0. The molecule has 0 saturated carbocycles. The van der Waals surface area contributed by atoms with Gasteiger partial charge in [-0.3, -0.25) is 14.7 Å². The highest BCUT2D eigenvalue weighted by Gasteiger charge is 2.21. The molecule has 0 radical (unpaired) electrons. The first-order valence-electron chi connectivity index (χ1n) is 8.86. The molecule has 0 spiro atoms. The fourth-order valence-corrected chi connectivity index (χ4v) is 2.87. The molecule has 4 N–H and O–H groups in total. The maximum Gasteiger partial charge on any atom is 0.231 e. The Balaban J connectivity index is 0.00000364. The molecule has 152 valence electrons. The molecule has 0 bridgehead atoms. The summed E-state index contributed by atoms with van der Waals surface area (Å²) in [6, 6.07) is 6.28. The highest BCUT2D eigenvalue weighted by Crippen LogP contribution is 2.13. The molecule has 0 aliphatic carbocycles. The summed E-state index contributed by atoms with van der Waals surface area (Å²) in [5.74, 6) is 0.775. The molecule has 9 heteroatoms. The number of nitrogens with two attached hydrogens (primary N) is 1. The van der Waals surface area contributed by atoms with Crippen LogP contribution < -0.4 is 21.1 Å². The van der Waals surface area contributed by atoms with Crippen molar-refractivity contribution in [3.8, 4) is 5.75 Å². The zero-order valence-electron chi connectivity index (χ0n) is 15.8. The molecule has 1 aliphatic heterocycles. The maximum atomic E-state index is 12.9. The van der Waals surface area contributed by atoms with E-state index in [1.807, 2.05) is 6.92 Å². The number of nitrogens with one attached hydrogen (secondary N) is 2. The number of primary amides is 1. The minimum atomic E-state index is -0.288. The van der Waals surface area contributed by atoms with Crippen molar-refractivity contribution in [2.45, 2.75) is 31.9 Å². The van der Waals surface area contributed by atoms with Gasteiger partial charge in [0.15, 0.2) is 5.96 Å². The minimum Gasteiger partial charge on any atom is -0.489 e. The average molecular weight is 493 g/mol. The number of ether oxygens (including phenoxy) is 1. The van der Waals surface area contributed by atoms with Gasteiger partial charge < -0.3 is 21.1 Å². The van der Waals surface area contributed by atoms with Gasteiger partial charge in [-0.2, -0.15) is 0 Å². The van der Waals surface area contributed by atoms with E-state index in [0.29, 0.717) is 30.8 Å². The van der Waals surface area contributed by atoms with Crippen LogP contribution in [0.5, 0.6) is 5.75 Å². The quantitative estimate of drug-likeness (QED) is 0.303. The van der Waals surface area contributed by atoms with Crippen molar-refractivity contribution in [3.63, 3.8) is 0 Å². The third-order valence-corrected chi connectivity index (χ3v) is 4.24. The molecule has 1 fully saturated rings. The van der Waals surface area contributed by atoms with E-state index in [9.17, 15) is 9.18 Å².